The zero-order valence-corrected chi connectivity index (χ0v) is 12.5. The van der Waals surface area contributed by atoms with Crippen molar-refractivity contribution in [2.24, 2.45) is 23.7 Å². The van der Waals surface area contributed by atoms with Crippen molar-refractivity contribution in [2.75, 3.05) is 5.32 Å². The van der Waals surface area contributed by atoms with Crippen LogP contribution in [0, 0.1) is 29.5 Å². The lowest BCUT2D eigenvalue weighted by Crippen LogP contribution is -2.36. The van der Waals surface area contributed by atoms with Gasteiger partial charge < -0.3 is 10.4 Å². The van der Waals surface area contributed by atoms with E-state index in [2.05, 4.69) is 21.2 Å². The van der Waals surface area contributed by atoms with Crippen LogP contribution in [0.1, 0.15) is 6.42 Å². The number of fused-ring (bicyclic) bond motifs is 2. The highest BCUT2D eigenvalue weighted by atomic mass is 79.9. The van der Waals surface area contributed by atoms with Gasteiger partial charge in [-0.25, -0.2) is 4.39 Å². The molecule has 0 aromatic heterocycles. The van der Waals surface area contributed by atoms with Gasteiger partial charge in [0.25, 0.3) is 0 Å². The number of carboxylic acids is 1. The van der Waals surface area contributed by atoms with Gasteiger partial charge in [-0.2, -0.15) is 0 Å². The van der Waals surface area contributed by atoms with Gasteiger partial charge in [-0.05, 0) is 52.4 Å². The summed E-state index contributed by atoms with van der Waals surface area (Å²) in [6.07, 6.45) is 4.49. The molecule has 3 rings (SSSR count). The fraction of sp³-hybridized carbons (Fsp3) is 0.333. The molecule has 0 radical (unpaired) electrons. The second kappa shape index (κ2) is 5.26. The summed E-state index contributed by atoms with van der Waals surface area (Å²) < 4.78 is 13.8. The molecule has 2 N–H and O–H groups in total. The lowest BCUT2D eigenvalue weighted by Gasteiger charge is -2.24. The van der Waals surface area contributed by atoms with E-state index in [9.17, 15) is 19.1 Å². The lowest BCUT2D eigenvalue weighted by molar-refractivity contribution is -0.146. The first-order valence-corrected chi connectivity index (χ1v) is 7.43. The summed E-state index contributed by atoms with van der Waals surface area (Å²) in [6, 6.07) is 3.99. The Balaban J connectivity index is 1.83. The molecule has 2 aliphatic carbocycles. The summed E-state index contributed by atoms with van der Waals surface area (Å²) in [6.45, 7) is 0. The normalized spacial score (nSPS) is 29.6. The Labute approximate surface area is 129 Å². The molecular formula is C15H13BrFNO3. The van der Waals surface area contributed by atoms with Gasteiger partial charge in [-0.15, -0.1) is 0 Å². The minimum atomic E-state index is -0.953. The zero-order chi connectivity index (χ0) is 15.1. The minimum Gasteiger partial charge on any atom is -0.481 e. The first-order chi connectivity index (χ1) is 9.97. The van der Waals surface area contributed by atoms with E-state index in [0.717, 1.165) is 0 Å². The van der Waals surface area contributed by atoms with Gasteiger partial charge in [-0.1, -0.05) is 12.2 Å². The summed E-state index contributed by atoms with van der Waals surface area (Å²) >= 11 is 3.24. The molecule has 2 bridgehead atoms. The van der Waals surface area contributed by atoms with Gasteiger partial charge in [0.1, 0.15) is 5.82 Å². The number of benzene rings is 1. The van der Waals surface area contributed by atoms with Crippen LogP contribution in [-0.4, -0.2) is 17.0 Å². The molecular weight excluding hydrogens is 341 g/mol. The van der Waals surface area contributed by atoms with E-state index in [1.54, 1.807) is 0 Å². The molecule has 4 unspecified atom stereocenters. The first kappa shape index (κ1) is 14.3. The van der Waals surface area contributed by atoms with E-state index in [1.807, 2.05) is 12.2 Å². The summed E-state index contributed by atoms with van der Waals surface area (Å²) in [4.78, 5) is 23.8. The molecule has 1 fully saturated rings. The van der Waals surface area contributed by atoms with Crippen LogP contribution in [0.15, 0.2) is 34.8 Å². The second-order valence-corrected chi connectivity index (χ2v) is 6.31. The summed E-state index contributed by atoms with van der Waals surface area (Å²) in [5.74, 6) is -3.23. The predicted molar refractivity (Wildman–Crippen MR) is 78.1 cm³/mol. The molecule has 21 heavy (non-hydrogen) atoms. The Morgan fingerprint density at radius 2 is 1.90 bits per heavy atom. The lowest BCUT2D eigenvalue weighted by atomic mass is 9.82. The van der Waals surface area contributed by atoms with Crippen molar-refractivity contribution < 1.29 is 19.1 Å². The number of hydrogen-bond acceptors (Lipinski definition) is 2. The predicted octanol–water partition coefficient (Wildman–Crippen LogP) is 3.05. The third kappa shape index (κ3) is 2.48. The number of halogens is 2. The number of nitrogens with one attached hydrogen (secondary N) is 1. The molecule has 110 valence electrons. The molecule has 0 heterocycles. The number of aliphatic carboxylic acids is 1. The zero-order valence-electron chi connectivity index (χ0n) is 10.9. The Morgan fingerprint density at radius 1 is 1.24 bits per heavy atom. The van der Waals surface area contributed by atoms with Crippen molar-refractivity contribution in [1.82, 2.24) is 0 Å². The molecule has 0 spiro atoms. The quantitative estimate of drug-likeness (QED) is 0.820. The van der Waals surface area contributed by atoms with Gasteiger partial charge in [0, 0.05) is 4.47 Å². The van der Waals surface area contributed by atoms with Crippen LogP contribution in [0.3, 0.4) is 0 Å². The standard InChI is InChI=1S/C15H13BrFNO3/c16-10-4-3-9(17)6-11(10)18-14(19)12-7-1-2-8(5-7)13(12)15(20)21/h1-4,6-8,12-13H,5H2,(H,18,19)(H,20,21). The highest BCUT2D eigenvalue weighted by Gasteiger charge is 2.51. The van der Waals surface area contributed by atoms with Crippen molar-refractivity contribution in [3.8, 4) is 0 Å². The Hall–Kier alpha value is -1.69. The molecule has 1 aromatic carbocycles. The fourth-order valence-corrected chi connectivity index (χ4v) is 3.67. The second-order valence-electron chi connectivity index (χ2n) is 5.45. The van der Waals surface area contributed by atoms with Crippen molar-refractivity contribution in [3.05, 3.63) is 40.6 Å². The Kier molecular flexibility index (Phi) is 3.57. The number of carbonyl (C=O) groups is 2. The third-order valence-corrected chi connectivity index (χ3v) is 4.92. The molecule has 0 aliphatic heterocycles. The van der Waals surface area contributed by atoms with Crippen LogP contribution in [0.4, 0.5) is 10.1 Å². The Morgan fingerprint density at radius 3 is 2.57 bits per heavy atom. The highest BCUT2D eigenvalue weighted by Crippen LogP contribution is 2.48. The van der Waals surface area contributed by atoms with Crippen molar-refractivity contribution >= 4 is 33.5 Å². The average Bonchev–Trinajstić information content (AvgIpc) is 3.03. The number of anilines is 1. The molecule has 0 saturated heterocycles. The Bertz CT molecular complexity index is 646. The van der Waals surface area contributed by atoms with Crippen LogP contribution < -0.4 is 5.32 Å². The molecule has 1 aromatic rings. The largest absolute Gasteiger partial charge is 0.481 e. The molecule has 4 atom stereocenters. The van der Waals surface area contributed by atoms with E-state index in [0.29, 0.717) is 16.6 Å². The van der Waals surface area contributed by atoms with Crippen LogP contribution in [-0.2, 0) is 9.59 Å². The number of hydrogen-bond donors (Lipinski definition) is 2. The van der Waals surface area contributed by atoms with E-state index < -0.39 is 23.6 Å². The fourth-order valence-electron chi connectivity index (χ4n) is 3.33. The molecule has 6 heteroatoms. The first-order valence-electron chi connectivity index (χ1n) is 6.64. The SMILES string of the molecule is O=C(O)C1C2C=CC(C2)C1C(=O)Nc1cc(F)ccc1Br. The van der Waals surface area contributed by atoms with E-state index >= 15 is 0 Å². The maximum atomic E-state index is 13.3. The summed E-state index contributed by atoms with van der Waals surface area (Å²) in [7, 11) is 0. The number of carboxylic acid groups (broad SMARTS) is 1. The van der Waals surface area contributed by atoms with Crippen LogP contribution in [0.25, 0.3) is 0 Å². The maximum absolute atomic E-state index is 13.3. The van der Waals surface area contributed by atoms with Crippen LogP contribution in [0.2, 0.25) is 0 Å². The van der Waals surface area contributed by atoms with Crippen molar-refractivity contribution in [3.63, 3.8) is 0 Å². The summed E-state index contributed by atoms with van der Waals surface area (Å²) in [5.41, 5.74) is 0.316. The molecule has 1 amide bonds. The van der Waals surface area contributed by atoms with Gasteiger partial charge in [0.05, 0.1) is 17.5 Å². The smallest absolute Gasteiger partial charge is 0.307 e. The number of allylic oxidation sites excluding steroid dienone is 2. The van der Waals surface area contributed by atoms with E-state index in [-0.39, 0.29) is 17.7 Å². The number of carbonyl (C=O) groups excluding carboxylic acids is 1. The molecule has 1 saturated carbocycles. The topological polar surface area (TPSA) is 66.4 Å². The third-order valence-electron chi connectivity index (χ3n) is 4.23. The highest BCUT2D eigenvalue weighted by molar-refractivity contribution is 9.10. The minimum absolute atomic E-state index is 0.0524. The van der Waals surface area contributed by atoms with Gasteiger partial charge in [0.15, 0.2) is 0 Å². The monoisotopic (exact) mass is 353 g/mol. The van der Waals surface area contributed by atoms with E-state index in [1.165, 1.54) is 18.2 Å². The average molecular weight is 354 g/mol. The van der Waals surface area contributed by atoms with Crippen LogP contribution >= 0.6 is 15.9 Å². The van der Waals surface area contributed by atoms with Crippen molar-refractivity contribution in [1.29, 1.82) is 0 Å². The van der Waals surface area contributed by atoms with Gasteiger partial charge in [-0.3, -0.25) is 9.59 Å². The number of amides is 1. The number of rotatable bonds is 3. The van der Waals surface area contributed by atoms with Gasteiger partial charge >= 0.3 is 5.97 Å². The van der Waals surface area contributed by atoms with Crippen molar-refractivity contribution in [2.45, 2.75) is 6.42 Å². The summed E-state index contributed by atoms with van der Waals surface area (Å²) in [5, 5.41) is 12.0. The molecule has 2 aliphatic rings. The molecule has 4 nitrogen and oxygen atoms in total. The van der Waals surface area contributed by atoms with E-state index in [4.69, 9.17) is 0 Å². The maximum Gasteiger partial charge on any atom is 0.307 e. The van der Waals surface area contributed by atoms with Crippen LogP contribution in [0.5, 0.6) is 0 Å². The van der Waals surface area contributed by atoms with Gasteiger partial charge in [0.2, 0.25) is 5.91 Å².